The lowest BCUT2D eigenvalue weighted by Crippen LogP contribution is -2.14. The summed E-state index contributed by atoms with van der Waals surface area (Å²) >= 11 is 8.26. The molecule has 0 spiro atoms. The maximum atomic E-state index is 12.7. The van der Waals surface area contributed by atoms with E-state index < -0.39 is 0 Å². The zero-order valence-corrected chi connectivity index (χ0v) is 16.1. The average Bonchev–Trinajstić information content (AvgIpc) is 2.63. The molecule has 0 fully saturated rings. The first kappa shape index (κ1) is 17.8. The molecule has 3 nitrogen and oxygen atoms in total. The van der Waals surface area contributed by atoms with Crippen molar-refractivity contribution in [3.63, 3.8) is 0 Å². The summed E-state index contributed by atoms with van der Waals surface area (Å²) in [5.74, 6) is 0.242. The van der Waals surface area contributed by atoms with Crippen LogP contribution in [0.1, 0.15) is 15.9 Å². The van der Waals surface area contributed by atoms with Gasteiger partial charge in [-0.25, -0.2) is 0 Å². The molecule has 0 radical (unpaired) electrons. The minimum Gasteiger partial charge on any atom is -0.488 e. The number of amides is 1. The van der Waals surface area contributed by atoms with Crippen molar-refractivity contribution in [2.75, 3.05) is 5.32 Å². The molecule has 0 aliphatic heterocycles. The summed E-state index contributed by atoms with van der Waals surface area (Å²) in [6, 6.07) is 22.4. The van der Waals surface area contributed by atoms with E-state index in [0.717, 1.165) is 14.8 Å². The molecule has 3 rings (SSSR count). The number of nitrogens with one attached hydrogen (secondary N) is 1. The summed E-state index contributed by atoms with van der Waals surface area (Å²) in [5.41, 5.74) is 2.19. The van der Waals surface area contributed by atoms with Crippen LogP contribution in [0.25, 0.3) is 0 Å². The van der Waals surface area contributed by atoms with Gasteiger partial charge in [0.2, 0.25) is 0 Å². The SMILES string of the molecule is O=C(Nc1ccccc1I)c1cc(Cl)ccc1OCc1ccccc1. The molecule has 0 saturated heterocycles. The lowest BCUT2D eigenvalue weighted by atomic mass is 10.1. The van der Waals surface area contributed by atoms with Crippen LogP contribution in [0.3, 0.4) is 0 Å². The molecule has 0 heterocycles. The summed E-state index contributed by atoms with van der Waals surface area (Å²) in [7, 11) is 0. The Morgan fingerprint density at radius 3 is 2.48 bits per heavy atom. The number of ether oxygens (including phenoxy) is 1. The van der Waals surface area contributed by atoms with Crippen molar-refractivity contribution in [2.24, 2.45) is 0 Å². The summed E-state index contributed by atoms with van der Waals surface area (Å²) < 4.78 is 6.81. The Labute approximate surface area is 165 Å². The predicted octanol–water partition coefficient (Wildman–Crippen LogP) is 5.78. The zero-order chi connectivity index (χ0) is 17.6. The van der Waals surface area contributed by atoms with Crippen LogP contribution in [0.15, 0.2) is 72.8 Å². The molecule has 0 bridgehead atoms. The van der Waals surface area contributed by atoms with Gasteiger partial charge < -0.3 is 10.1 Å². The van der Waals surface area contributed by atoms with E-state index in [9.17, 15) is 4.79 Å². The van der Waals surface area contributed by atoms with Crippen LogP contribution in [0.4, 0.5) is 5.69 Å². The number of carbonyl (C=O) groups is 1. The quantitative estimate of drug-likeness (QED) is 0.487. The van der Waals surface area contributed by atoms with Gasteiger partial charge in [-0.2, -0.15) is 0 Å². The fourth-order valence-electron chi connectivity index (χ4n) is 2.29. The molecule has 0 aliphatic carbocycles. The van der Waals surface area contributed by atoms with Gasteiger partial charge in [0.1, 0.15) is 12.4 Å². The molecule has 3 aromatic carbocycles. The molecular formula is C20H15ClINO2. The van der Waals surface area contributed by atoms with E-state index in [0.29, 0.717) is 22.9 Å². The van der Waals surface area contributed by atoms with Crippen molar-refractivity contribution in [1.82, 2.24) is 0 Å². The number of hydrogen-bond acceptors (Lipinski definition) is 2. The number of halogens is 2. The zero-order valence-electron chi connectivity index (χ0n) is 13.2. The monoisotopic (exact) mass is 463 g/mol. The molecule has 1 N–H and O–H groups in total. The van der Waals surface area contributed by atoms with Gasteiger partial charge >= 0.3 is 0 Å². The molecule has 1 amide bonds. The van der Waals surface area contributed by atoms with Gasteiger partial charge in [-0.05, 0) is 58.5 Å². The van der Waals surface area contributed by atoms with Crippen molar-refractivity contribution in [3.8, 4) is 5.75 Å². The third kappa shape index (κ3) is 4.74. The second-order valence-electron chi connectivity index (χ2n) is 5.35. The second kappa shape index (κ2) is 8.36. The third-order valence-corrected chi connectivity index (χ3v) is 4.72. The van der Waals surface area contributed by atoms with Crippen LogP contribution in [-0.2, 0) is 6.61 Å². The molecule has 126 valence electrons. The smallest absolute Gasteiger partial charge is 0.259 e. The molecule has 0 unspecified atom stereocenters. The molecular weight excluding hydrogens is 449 g/mol. The Morgan fingerprint density at radius 2 is 1.72 bits per heavy atom. The number of anilines is 1. The van der Waals surface area contributed by atoms with Crippen LogP contribution in [0.2, 0.25) is 5.02 Å². The van der Waals surface area contributed by atoms with Crippen LogP contribution in [-0.4, -0.2) is 5.91 Å². The first-order valence-electron chi connectivity index (χ1n) is 7.65. The van der Waals surface area contributed by atoms with Crippen LogP contribution in [0, 0.1) is 3.57 Å². The van der Waals surface area contributed by atoms with Gasteiger partial charge in [0.05, 0.1) is 11.3 Å². The maximum Gasteiger partial charge on any atom is 0.259 e. The highest BCUT2D eigenvalue weighted by atomic mass is 127. The standard InChI is InChI=1S/C20H15ClINO2/c21-15-10-11-19(25-13-14-6-2-1-3-7-14)16(12-15)20(24)23-18-9-5-4-8-17(18)22/h1-12H,13H2,(H,23,24). The van der Waals surface area contributed by atoms with Crippen molar-refractivity contribution in [2.45, 2.75) is 6.61 Å². The van der Waals surface area contributed by atoms with Crippen molar-refractivity contribution >= 4 is 45.8 Å². The predicted molar refractivity (Wildman–Crippen MR) is 109 cm³/mol. The van der Waals surface area contributed by atoms with Crippen LogP contribution >= 0.6 is 34.2 Å². The Kier molecular flexibility index (Phi) is 5.94. The maximum absolute atomic E-state index is 12.7. The van der Waals surface area contributed by atoms with Crippen LogP contribution in [0.5, 0.6) is 5.75 Å². The van der Waals surface area contributed by atoms with E-state index in [-0.39, 0.29) is 5.91 Å². The first-order valence-corrected chi connectivity index (χ1v) is 9.11. The fourth-order valence-corrected chi connectivity index (χ4v) is 2.99. The molecule has 0 aromatic heterocycles. The topological polar surface area (TPSA) is 38.3 Å². The Morgan fingerprint density at radius 1 is 1.00 bits per heavy atom. The van der Waals surface area contributed by atoms with Crippen molar-refractivity contribution < 1.29 is 9.53 Å². The number of para-hydroxylation sites is 1. The highest BCUT2D eigenvalue weighted by Gasteiger charge is 2.15. The summed E-state index contributed by atoms with van der Waals surface area (Å²) in [5, 5.41) is 3.39. The third-order valence-electron chi connectivity index (χ3n) is 3.55. The molecule has 0 aliphatic rings. The van der Waals surface area contributed by atoms with Gasteiger partial charge in [0.25, 0.3) is 5.91 Å². The molecule has 3 aromatic rings. The fraction of sp³-hybridized carbons (Fsp3) is 0.0500. The van der Waals surface area contributed by atoms with E-state index in [1.807, 2.05) is 54.6 Å². The number of rotatable bonds is 5. The number of benzene rings is 3. The normalized spacial score (nSPS) is 10.3. The van der Waals surface area contributed by atoms with Crippen molar-refractivity contribution in [3.05, 3.63) is 92.5 Å². The van der Waals surface area contributed by atoms with E-state index in [1.165, 1.54) is 0 Å². The lowest BCUT2D eigenvalue weighted by Gasteiger charge is -2.13. The van der Waals surface area contributed by atoms with Crippen molar-refractivity contribution in [1.29, 1.82) is 0 Å². The van der Waals surface area contributed by atoms with E-state index in [2.05, 4.69) is 27.9 Å². The first-order chi connectivity index (χ1) is 12.1. The van der Waals surface area contributed by atoms with Gasteiger partial charge in [-0.3, -0.25) is 4.79 Å². The molecule has 0 atom stereocenters. The minimum absolute atomic E-state index is 0.255. The van der Waals surface area contributed by atoms with Gasteiger partial charge in [-0.15, -0.1) is 0 Å². The number of hydrogen-bond donors (Lipinski definition) is 1. The summed E-state index contributed by atoms with van der Waals surface area (Å²) in [4.78, 5) is 12.7. The largest absolute Gasteiger partial charge is 0.488 e. The molecule has 25 heavy (non-hydrogen) atoms. The van der Waals surface area contributed by atoms with E-state index >= 15 is 0 Å². The molecule has 5 heteroatoms. The van der Waals surface area contributed by atoms with E-state index in [1.54, 1.807) is 18.2 Å². The Bertz CT molecular complexity index is 884. The van der Waals surface area contributed by atoms with Gasteiger partial charge in [0, 0.05) is 8.59 Å². The second-order valence-corrected chi connectivity index (χ2v) is 6.95. The highest BCUT2D eigenvalue weighted by molar-refractivity contribution is 14.1. The van der Waals surface area contributed by atoms with E-state index in [4.69, 9.17) is 16.3 Å². The Hall–Kier alpha value is -2.05. The lowest BCUT2D eigenvalue weighted by molar-refractivity contribution is 0.102. The average molecular weight is 464 g/mol. The van der Waals surface area contributed by atoms with Crippen LogP contribution < -0.4 is 10.1 Å². The highest BCUT2D eigenvalue weighted by Crippen LogP contribution is 2.26. The minimum atomic E-state index is -0.255. The number of carbonyl (C=O) groups excluding carboxylic acids is 1. The summed E-state index contributed by atoms with van der Waals surface area (Å²) in [6.07, 6.45) is 0. The van der Waals surface area contributed by atoms with Gasteiger partial charge in [0.15, 0.2) is 0 Å². The summed E-state index contributed by atoms with van der Waals surface area (Å²) in [6.45, 7) is 0.381. The molecule has 0 saturated carbocycles. The Balaban J connectivity index is 1.81. The van der Waals surface area contributed by atoms with Gasteiger partial charge in [-0.1, -0.05) is 54.1 Å².